The lowest BCUT2D eigenvalue weighted by Gasteiger charge is -2.46. The van der Waals surface area contributed by atoms with Gasteiger partial charge in [0.1, 0.15) is 25.4 Å². The summed E-state index contributed by atoms with van der Waals surface area (Å²) in [6.07, 6.45) is -3.81. The number of alkyl carbamates (subject to hydrolysis) is 1. The molecule has 0 spiro atoms. The molecule has 3 aromatic rings. The van der Waals surface area contributed by atoms with Gasteiger partial charge in [-0.3, -0.25) is 4.79 Å². The minimum absolute atomic E-state index is 0.0537. The van der Waals surface area contributed by atoms with Crippen molar-refractivity contribution in [2.24, 2.45) is 5.92 Å². The third-order valence-electron chi connectivity index (χ3n) is 9.09. The highest BCUT2D eigenvalue weighted by molar-refractivity contribution is 6.99. The second-order valence-corrected chi connectivity index (χ2v) is 20.9. The number of aliphatic hydroxyl groups is 2. The van der Waals surface area contributed by atoms with Crippen molar-refractivity contribution in [3.63, 3.8) is 0 Å². The van der Waals surface area contributed by atoms with E-state index in [1.54, 1.807) is 0 Å². The number of amides is 1. The molecule has 10 nitrogen and oxygen atoms in total. The monoisotopic (exact) mass is 809 g/mol. The maximum Gasteiger partial charge on any atom is 0.407 e. The number of ether oxygens (including phenoxy) is 4. The number of halogens is 3. The van der Waals surface area contributed by atoms with E-state index in [1.165, 1.54) is 0 Å². The number of unbranched alkanes of at least 4 members (excludes halogenated alkanes) is 2. The smallest absolute Gasteiger partial charge is 0.407 e. The van der Waals surface area contributed by atoms with Gasteiger partial charge in [0.2, 0.25) is 3.79 Å². The van der Waals surface area contributed by atoms with E-state index in [0.29, 0.717) is 25.8 Å². The van der Waals surface area contributed by atoms with Crippen LogP contribution in [0.4, 0.5) is 4.79 Å². The number of hydrogen-bond acceptors (Lipinski definition) is 9. The molecule has 1 heterocycles. The van der Waals surface area contributed by atoms with Crippen LogP contribution in [-0.4, -0.2) is 85.4 Å². The van der Waals surface area contributed by atoms with Gasteiger partial charge < -0.3 is 38.9 Å². The van der Waals surface area contributed by atoms with Crippen molar-refractivity contribution in [2.45, 2.75) is 86.5 Å². The normalized spacial score (nSPS) is 20.8. The molecule has 290 valence electrons. The van der Waals surface area contributed by atoms with E-state index >= 15 is 0 Å². The zero-order valence-electron chi connectivity index (χ0n) is 30.3. The SMILES string of the molecule is CC(C)(C)[Si](OC[C@H]1O[C@@H](OCCCCCNC(=O)OCc2ccccc2)[C@H](CC(=O)OCC(Cl)(Cl)Cl)[C@@H](O)[C@@H]1O)(c1ccccc1)c1ccccc1. The maximum absolute atomic E-state index is 12.8. The number of rotatable bonds is 17. The van der Waals surface area contributed by atoms with Crippen LogP contribution in [0.3, 0.4) is 0 Å². The molecule has 5 atom stereocenters. The average Bonchev–Trinajstić information content (AvgIpc) is 3.13. The van der Waals surface area contributed by atoms with Crippen molar-refractivity contribution in [2.75, 3.05) is 26.4 Å². The van der Waals surface area contributed by atoms with Gasteiger partial charge in [0.25, 0.3) is 8.32 Å². The summed E-state index contributed by atoms with van der Waals surface area (Å²) in [5, 5.41) is 27.3. The van der Waals surface area contributed by atoms with Crippen LogP contribution in [0.25, 0.3) is 0 Å². The fourth-order valence-electron chi connectivity index (χ4n) is 6.46. The van der Waals surface area contributed by atoms with Crippen molar-refractivity contribution < 1.29 is 43.2 Å². The number of benzene rings is 3. The molecule has 1 amide bonds. The van der Waals surface area contributed by atoms with Gasteiger partial charge in [-0.15, -0.1) is 0 Å². The zero-order chi connectivity index (χ0) is 38.5. The third kappa shape index (κ3) is 12.7. The van der Waals surface area contributed by atoms with E-state index in [1.807, 2.05) is 66.7 Å². The van der Waals surface area contributed by atoms with Crippen molar-refractivity contribution in [1.82, 2.24) is 5.32 Å². The van der Waals surface area contributed by atoms with Gasteiger partial charge in [0.05, 0.1) is 19.1 Å². The van der Waals surface area contributed by atoms with Crippen molar-refractivity contribution in [3.8, 4) is 0 Å². The van der Waals surface area contributed by atoms with Crippen molar-refractivity contribution >= 4 is 65.6 Å². The number of carbonyl (C=O) groups is 2. The number of esters is 1. The van der Waals surface area contributed by atoms with Crippen LogP contribution in [0, 0.1) is 5.92 Å². The van der Waals surface area contributed by atoms with Crippen LogP contribution >= 0.6 is 34.8 Å². The summed E-state index contributed by atoms with van der Waals surface area (Å²) >= 11 is 17.3. The van der Waals surface area contributed by atoms with E-state index in [-0.39, 0.29) is 31.3 Å². The maximum atomic E-state index is 12.8. The lowest BCUT2D eigenvalue weighted by Crippen LogP contribution is -2.68. The molecule has 0 aliphatic carbocycles. The Balaban J connectivity index is 1.41. The number of aliphatic hydroxyl groups excluding tert-OH is 2. The number of nitrogens with one attached hydrogen (secondary N) is 1. The first-order chi connectivity index (χ1) is 25.2. The number of carbonyl (C=O) groups excluding carboxylic acids is 2. The van der Waals surface area contributed by atoms with E-state index in [0.717, 1.165) is 15.9 Å². The third-order valence-corrected chi connectivity index (χ3v) is 14.4. The fourth-order valence-corrected chi connectivity index (χ4v) is 11.2. The Morgan fingerprint density at radius 2 is 1.40 bits per heavy atom. The Hall–Kier alpha value is -2.71. The summed E-state index contributed by atoms with van der Waals surface area (Å²) in [4.78, 5) is 24.9. The number of hydrogen-bond donors (Lipinski definition) is 3. The predicted octanol–water partition coefficient (Wildman–Crippen LogP) is 6.04. The molecular weight excluding hydrogens is 761 g/mol. The van der Waals surface area contributed by atoms with Gasteiger partial charge in [-0.05, 0) is 40.2 Å². The van der Waals surface area contributed by atoms with Gasteiger partial charge in [-0.1, -0.05) is 147 Å². The molecular formula is C39H50Cl3NO9Si. The first-order valence-corrected chi connectivity index (χ1v) is 20.8. The first-order valence-electron chi connectivity index (χ1n) is 17.8. The van der Waals surface area contributed by atoms with Crippen LogP contribution in [0.5, 0.6) is 0 Å². The molecule has 0 unspecified atom stereocenters. The average molecular weight is 811 g/mol. The van der Waals surface area contributed by atoms with Gasteiger partial charge >= 0.3 is 12.1 Å². The van der Waals surface area contributed by atoms with E-state index < -0.39 is 61.3 Å². The lowest BCUT2D eigenvalue weighted by atomic mass is 9.88. The second kappa shape index (κ2) is 20.3. The van der Waals surface area contributed by atoms with E-state index in [9.17, 15) is 19.8 Å². The minimum atomic E-state index is -3.02. The molecule has 0 saturated carbocycles. The van der Waals surface area contributed by atoms with Crippen LogP contribution in [0.2, 0.25) is 5.04 Å². The van der Waals surface area contributed by atoms with Crippen LogP contribution in [0.1, 0.15) is 52.0 Å². The molecule has 0 aromatic heterocycles. The molecule has 0 bridgehead atoms. The Labute approximate surface area is 328 Å². The summed E-state index contributed by atoms with van der Waals surface area (Å²) in [7, 11) is -3.02. The molecule has 0 radical (unpaired) electrons. The lowest BCUT2D eigenvalue weighted by molar-refractivity contribution is -0.285. The standard InChI is InChI=1S/C39H50Cl3NO9Si/c1-38(2,3)53(29-18-10-5-11-19-29,30-20-12-6-13-21-30)51-26-32-35(46)34(45)31(24-33(44)50-27-39(40,41)42)36(52-32)48-23-15-7-14-22-43-37(47)49-25-28-16-8-4-9-17-28/h4-6,8-13,16-21,31-32,34-36,45-46H,7,14-15,22-27H2,1-3H3,(H,43,47)/t31-,32-,34-,35-,36-/m1/s1. The zero-order valence-corrected chi connectivity index (χ0v) is 33.6. The highest BCUT2D eigenvalue weighted by Crippen LogP contribution is 2.38. The largest absolute Gasteiger partial charge is 0.461 e. The summed E-state index contributed by atoms with van der Waals surface area (Å²) < 4.78 is 28.0. The van der Waals surface area contributed by atoms with Crippen molar-refractivity contribution in [1.29, 1.82) is 0 Å². The topological polar surface area (TPSA) is 133 Å². The Bertz CT molecular complexity index is 1510. The Morgan fingerprint density at radius 3 is 1.96 bits per heavy atom. The van der Waals surface area contributed by atoms with Gasteiger partial charge in [-0.2, -0.15) is 0 Å². The molecule has 1 aliphatic rings. The molecule has 1 saturated heterocycles. The molecule has 3 aromatic carbocycles. The van der Waals surface area contributed by atoms with E-state index in [4.69, 9.17) is 58.2 Å². The predicted molar refractivity (Wildman–Crippen MR) is 208 cm³/mol. The molecule has 1 fully saturated rings. The van der Waals surface area contributed by atoms with Crippen LogP contribution in [-0.2, 0) is 34.8 Å². The van der Waals surface area contributed by atoms with Crippen molar-refractivity contribution in [3.05, 3.63) is 96.6 Å². The fraction of sp³-hybridized carbons (Fsp3) is 0.487. The van der Waals surface area contributed by atoms with Crippen LogP contribution < -0.4 is 15.7 Å². The van der Waals surface area contributed by atoms with Gasteiger partial charge in [0.15, 0.2) is 6.29 Å². The van der Waals surface area contributed by atoms with Crippen LogP contribution in [0.15, 0.2) is 91.0 Å². The molecule has 1 aliphatic heterocycles. The summed E-state index contributed by atoms with van der Waals surface area (Å²) in [5.74, 6) is -1.74. The molecule has 4 rings (SSSR count). The molecule has 53 heavy (non-hydrogen) atoms. The first kappa shape index (κ1) is 43.0. The molecule has 3 N–H and O–H groups in total. The molecule has 14 heteroatoms. The summed E-state index contributed by atoms with van der Waals surface area (Å²) in [6, 6.07) is 29.5. The summed E-state index contributed by atoms with van der Waals surface area (Å²) in [6.45, 7) is 6.69. The Morgan fingerprint density at radius 1 is 0.811 bits per heavy atom. The highest BCUT2D eigenvalue weighted by atomic mass is 35.6. The number of alkyl halides is 3. The van der Waals surface area contributed by atoms with E-state index in [2.05, 4.69) is 50.4 Å². The quantitative estimate of drug-likeness (QED) is 0.0646. The highest BCUT2D eigenvalue weighted by Gasteiger charge is 2.52. The van der Waals surface area contributed by atoms with Gasteiger partial charge in [0, 0.05) is 19.1 Å². The minimum Gasteiger partial charge on any atom is -0.461 e. The second-order valence-electron chi connectivity index (χ2n) is 14.1. The van der Waals surface area contributed by atoms with Gasteiger partial charge in [-0.25, -0.2) is 4.79 Å². The summed E-state index contributed by atoms with van der Waals surface area (Å²) in [5.41, 5.74) is 0.899. The Kier molecular flexibility index (Phi) is 16.5.